The van der Waals surface area contributed by atoms with E-state index in [1.165, 1.54) is 6.07 Å². The van der Waals surface area contributed by atoms with Gasteiger partial charge in [0.15, 0.2) is 0 Å². The highest BCUT2D eigenvalue weighted by Gasteiger charge is 2.12. The van der Waals surface area contributed by atoms with E-state index in [2.05, 4.69) is 27.5 Å². The van der Waals surface area contributed by atoms with Crippen molar-refractivity contribution in [2.45, 2.75) is 0 Å². The van der Waals surface area contributed by atoms with Gasteiger partial charge in [0, 0.05) is 38.6 Å². The summed E-state index contributed by atoms with van der Waals surface area (Å²) in [6.07, 6.45) is 0. The Hall–Kier alpha value is -1.62. The predicted octanol–water partition coefficient (Wildman–Crippen LogP) is 1.26. The highest BCUT2D eigenvalue weighted by molar-refractivity contribution is 5.56. The van der Waals surface area contributed by atoms with Gasteiger partial charge in [0.2, 0.25) is 0 Å². The number of nitrogens with zero attached hydrogens (tertiary/aromatic N) is 2. The van der Waals surface area contributed by atoms with Crippen molar-refractivity contribution in [2.24, 2.45) is 5.10 Å². The fraction of sp³-hybridized carbons (Fsp3) is 0.364. The molecule has 16 heavy (non-hydrogen) atoms. The zero-order valence-electron chi connectivity index (χ0n) is 9.04. The fourth-order valence-electron chi connectivity index (χ4n) is 1.80. The van der Waals surface area contributed by atoms with Crippen LogP contribution in [-0.2, 0) is 0 Å². The van der Waals surface area contributed by atoms with Crippen molar-refractivity contribution >= 4 is 18.1 Å². The molecule has 1 aliphatic rings. The first-order valence-electron chi connectivity index (χ1n) is 5.28. The number of rotatable bonds is 3. The van der Waals surface area contributed by atoms with Crippen LogP contribution in [0.3, 0.4) is 0 Å². The Balaban J connectivity index is 2.16. The predicted molar refractivity (Wildman–Crippen MR) is 64.7 cm³/mol. The van der Waals surface area contributed by atoms with Crippen LogP contribution < -0.4 is 15.6 Å². The summed E-state index contributed by atoms with van der Waals surface area (Å²) >= 11 is 0. The monoisotopic (exact) mass is 222 g/mol. The van der Waals surface area contributed by atoms with Gasteiger partial charge in [0.05, 0.1) is 5.69 Å². The smallest absolute Gasteiger partial charge is 0.150 e. The van der Waals surface area contributed by atoms with Crippen LogP contribution in [0.4, 0.5) is 15.8 Å². The van der Waals surface area contributed by atoms with E-state index >= 15 is 0 Å². The highest BCUT2D eigenvalue weighted by atomic mass is 19.1. The van der Waals surface area contributed by atoms with Gasteiger partial charge in [-0.05, 0) is 18.2 Å². The molecule has 5 heteroatoms. The van der Waals surface area contributed by atoms with Gasteiger partial charge in [-0.3, -0.25) is 5.43 Å². The highest BCUT2D eigenvalue weighted by Crippen LogP contribution is 2.22. The second-order valence-corrected chi connectivity index (χ2v) is 3.67. The van der Waals surface area contributed by atoms with Crippen LogP contribution in [0.2, 0.25) is 0 Å². The molecule has 0 spiro atoms. The number of anilines is 2. The van der Waals surface area contributed by atoms with Gasteiger partial charge in [-0.1, -0.05) is 0 Å². The minimum Gasteiger partial charge on any atom is -0.369 e. The topological polar surface area (TPSA) is 39.7 Å². The summed E-state index contributed by atoms with van der Waals surface area (Å²) in [5, 5.41) is 6.71. The Morgan fingerprint density at radius 1 is 1.38 bits per heavy atom. The van der Waals surface area contributed by atoms with Gasteiger partial charge in [-0.2, -0.15) is 5.10 Å². The Morgan fingerprint density at radius 2 is 2.12 bits per heavy atom. The lowest BCUT2D eigenvalue weighted by Crippen LogP contribution is -2.43. The van der Waals surface area contributed by atoms with E-state index in [1.54, 1.807) is 6.07 Å². The summed E-state index contributed by atoms with van der Waals surface area (Å²) in [7, 11) is 0. The standard InChI is InChI=1S/C11H15FN4/c1-13-15-11-3-2-9(8-10(11)12)16-6-4-14-5-7-16/h2-3,8,14-15H,1,4-7H2. The third-order valence-corrected chi connectivity index (χ3v) is 2.63. The van der Waals surface area contributed by atoms with Crippen molar-refractivity contribution < 1.29 is 4.39 Å². The second-order valence-electron chi connectivity index (χ2n) is 3.67. The maximum Gasteiger partial charge on any atom is 0.150 e. The minimum absolute atomic E-state index is 0.302. The summed E-state index contributed by atoms with van der Waals surface area (Å²) in [6, 6.07) is 5.10. The number of piperazine rings is 1. The fourth-order valence-corrected chi connectivity index (χ4v) is 1.80. The maximum absolute atomic E-state index is 13.6. The zero-order valence-corrected chi connectivity index (χ0v) is 9.04. The Bertz CT molecular complexity index is 374. The van der Waals surface area contributed by atoms with Crippen molar-refractivity contribution in [3.05, 3.63) is 24.0 Å². The van der Waals surface area contributed by atoms with Crippen molar-refractivity contribution in [2.75, 3.05) is 36.5 Å². The van der Waals surface area contributed by atoms with E-state index in [0.717, 1.165) is 31.9 Å². The molecule has 1 aliphatic heterocycles. The molecule has 1 heterocycles. The van der Waals surface area contributed by atoms with E-state index in [4.69, 9.17) is 0 Å². The van der Waals surface area contributed by atoms with Gasteiger partial charge in [0.1, 0.15) is 5.82 Å². The van der Waals surface area contributed by atoms with Crippen LogP contribution in [0.25, 0.3) is 0 Å². The number of nitrogens with one attached hydrogen (secondary N) is 2. The minimum atomic E-state index is -0.302. The van der Waals surface area contributed by atoms with Gasteiger partial charge >= 0.3 is 0 Å². The van der Waals surface area contributed by atoms with Gasteiger partial charge < -0.3 is 10.2 Å². The van der Waals surface area contributed by atoms with Crippen LogP contribution >= 0.6 is 0 Å². The first-order chi connectivity index (χ1) is 7.81. The second kappa shape index (κ2) is 4.94. The quantitative estimate of drug-likeness (QED) is 0.597. The molecule has 1 aromatic carbocycles. The number of hydrogen-bond donors (Lipinski definition) is 2. The van der Waals surface area contributed by atoms with Crippen molar-refractivity contribution in [3.63, 3.8) is 0 Å². The lowest BCUT2D eigenvalue weighted by Gasteiger charge is -2.29. The van der Waals surface area contributed by atoms with Gasteiger partial charge in [-0.15, -0.1) is 0 Å². The third-order valence-electron chi connectivity index (χ3n) is 2.63. The molecule has 1 aromatic rings. The van der Waals surface area contributed by atoms with E-state index in [1.807, 2.05) is 6.07 Å². The largest absolute Gasteiger partial charge is 0.369 e. The van der Waals surface area contributed by atoms with Crippen LogP contribution in [0.15, 0.2) is 23.3 Å². The Kier molecular flexibility index (Phi) is 3.36. The molecule has 0 amide bonds. The molecule has 4 nitrogen and oxygen atoms in total. The summed E-state index contributed by atoms with van der Waals surface area (Å²) in [4.78, 5) is 2.16. The van der Waals surface area contributed by atoms with Gasteiger partial charge in [-0.25, -0.2) is 4.39 Å². The third kappa shape index (κ3) is 2.30. The molecule has 0 aliphatic carbocycles. The lowest BCUT2D eigenvalue weighted by atomic mass is 10.2. The summed E-state index contributed by atoms with van der Waals surface area (Å²) in [5.41, 5.74) is 3.78. The van der Waals surface area contributed by atoms with E-state index in [9.17, 15) is 4.39 Å². The number of benzene rings is 1. The van der Waals surface area contributed by atoms with Crippen molar-refractivity contribution in [1.82, 2.24) is 5.32 Å². The summed E-state index contributed by atoms with van der Waals surface area (Å²) < 4.78 is 13.6. The molecule has 0 bridgehead atoms. The molecule has 0 saturated carbocycles. The van der Waals surface area contributed by atoms with Crippen LogP contribution in [-0.4, -0.2) is 32.9 Å². The van der Waals surface area contributed by atoms with Gasteiger partial charge in [0.25, 0.3) is 0 Å². The number of hydrogen-bond acceptors (Lipinski definition) is 4. The molecular formula is C11H15FN4. The molecule has 0 atom stereocenters. The number of hydrazone groups is 1. The Labute approximate surface area is 94.1 Å². The van der Waals surface area contributed by atoms with Crippen molar-refractivity contribution in [3.8, 4) is 0 Å². The molecule has 1 saturated heterocycles. The molecular weight excluding hydrogens is 207 g/mol. The summed E-state index contributed by atoms with van der Waals surface area (Å²) in [5.74, 6) is -0.302. The molecule has 0 unspecified atom stereocenters. The SMILES string of the molecule is C=NNc1ccc(N2CCNCC2)cc1F. The first kappa shape index (κ1) is 10.9. The number of halogens is 1. The molecule has 0 radical (unpaired) electrons. The van der Waals surface area contributed by atoms with E-state index < -0.39 is 0 Å². The molecule has 0 aromatic heterocycles. The van der Waals surface area contributed by atoms with E-state index in [0.29, 0.717) is 5.69 Å². The van der Waals surface area contributed by atoms with Crippen LogP contribution in [0, 0.1) is 5.82 Å². The Morgan fingerprint density at radius 3 is 2.75 bits per heavy atom. The zero-order chi connectivity index (χ0) is 11.4. The molecule has 2 N–H and O–H groups in total. The molecule has 1 fully saturated rings. The average Bonchev–Trinajstić information content (AvgIpc) is 2.33. The van der Waals surface area contributed by atoms with E-state index in [-0.39, 0.29) is 5.82 Å². The first-order valence-corrected chi connectivity index (χ1v) is 5.28. The average molecular weight is 222 g/mol. The normalized spacial score (nSPS) is 15.9. The van der Waals surface area contributed by atoms with Crippen LogP contribution in [0.5, 0.6) is 0 Å². The van der Waals surface area contributed by atoms with Crippen molar-refractivity contribution in [1.29, 1.82) is 0 Å². The molecule has 2 rings (SSSR count). The van der Waals surface area contributed by atoms with Crippen LogP contribution in [0.1, 0.15) is 0 Å². The molecule has 86 valence electrons. The lowest BCUT2D eigenvalue weighted by molar-refractivity contribution is 0.585. The maximum atomic E-state index is 13.6. The summed E-state index contributed by atoms with van der Waals surface area (Å²) in [6.45, 7) is 6.96.